The summed E-state index contributed by atoms with van der Waals surface area (Å²) in [5.74, 6) is -0.0359. The van der Waals surface area contributed by atoms with E-state index in [4.69, 9.17) is 0 Å². The Morgan fingerprint density at radius 1 is 1.37 bits per heavy atom. The molecule has 1 aromatic carbocycles. The monoisotopic (exact) mass is 256 g/mol. The maximum atomic E-state index is 9.32. The fourth-order valence-corrected chi connectivity index (χ4v) is 3.08. The first-order valence-corrected chi connectivity index (χ1v) is 7.29. The van der Waals surface area contributed by atoms with Crippen molar-refractivity contribution in [3.63, 3.8) is 0 Å². The van der Waals surface area contributed by atoms with Gasteiger partial charge in [-0.1, -0.05) is 50.6 Å². The summed E-state index contributed by atoms with van der Waals surface area (Å²) in [7, 11) is 0. The number of hydrogen-bond donors (Lipinski definition) is 1. The lowest BCUT2D eigenvalue weighted by Crippen LogP contribution is -2.39. The first-order valence-electron chi connectivity index (χ1n) is 7.29. The van der Waals surface area contributed by atoms with Crippen LogP contribution in [0, 0.1) is 16.7 Å². The first-order chi connectivity index (χ1) is 9.11. The highest BCUT2D eigenvalue weighted by Crippen LogP contribution is 2.35. The Labute approximate surface area is 116 Å². The summed E-state index contributed by atoms with van der Waals surface area (Å²) < 4.78 is 0. The summed E-state index contributed by atoms with van der Waals surface area (Å²) in [5, 5.41) is 12.9. The molecule has 0 aromatic heterocycles. The third-order valence-electron chi connectivity index (χ3n) is 4.17. The molecule has 1 fully saturated rings. The van der Waals surface area contributed by atoms with Crippen LogP contribution in [0.2, 0.25) is 0 Å². The van der Waals surface area contributed by atoms with Crippen LogP contribution in [0.5, 0.6) is 0 Å². The molecule has 1 aliphatic carbocycles. The van der Waals surface area contributed by atoms with Gasteiger partial charge < -0.3 is 5.32 Å². The van der Waals surface area contributed by atoms with E-state index >= 15 is 0 Å². The fourth-order valence-electron chi connectivity index (χ4n) is 3.08. The standard InChI is InChI=1S/C17H24N2/c1-17(2)10-6-9-16(11-17)19-13-15(12-18)14-7-4-3-5-8-14/h3-5,7-8,15-16,19H,6,9-11,13H2,1-2H3. The van der Waals surface area contributed by atoms with Crippen molar-refractivity contribution >= 4 is 0 Å². The molecular formula is C17H24N2. The van der Waals surface area contributed by atoms with Crippen LogP contribution in [0.3, 0.4) is 0 Å². The number of nitrogens with zero attached hydrogens (tertiary/aromatic N) is 1. The third-order valence-corrected chi connectivity index (χ3v) is 4.17. The number of hydrogen-bond acceptors (Lipinski definition) is 2. The predicted octanol–water partition coefficient (Wildman–Crippen LogP) is 3.85. The van der Waals surface area contributed by atoms with E-state index < -0.39 is 0 Å². The van der Waals surface area contributed by atoms with E-state index in [-0.39, 0.29) is 5.92 Å². The Kier molecular flexibility index (Phi) is 4.61. The molecule has 1 aliphatic rings. The third kappa shape index (κ3) is 4.08. The normalized spacial score (nSPS) is 23.5. The van der Waals surface area contributed by atoms with E-state index in [1.165, 1.54) is 25.7 Å². The molecule has 2 atom stereocenters. The molecule has 0 aliphatic heterocycles. The highest BCUT2D eigenvalue weighted by molar-refractivity contribution is 5.25. The quantitative estimate of drug-likeness (QED) is 0.888. The van der Waals surface area contributed by atoms with Crippen molar-refractivity contribution in [1.82, 2.24) is 5.32 Å². The Morgan fingerprint density at radius 3 is 2.74 bits per heavy atom. The summed E-state index contributed by atoms with van der Waals surface area (Å²) in [6.07, 6.45) is 5.09. The lowest BCUT2D eigenvalue weighted by atomic mass is 9.75. The molecule has 0 saturated heterocycles. The zero-order valence-corrected chi connectivity index (χ0v) is 12.0. The molecule has 0 heterocycles. The van der Waals surface area contributed by atoms with E-state index in [9.17, 15) is 5.26 Å². The largest absolute Gasteiger partial charge is 0.312 e. The summed E-state index contributed by atoms with van der Waals surface area (Å²) in [5.41, 5.74) is 1.57. The molecule has 2 rings (SSSR count). The molecule has 1 aromatic rings. The van der Waals surface area contributed by atoms with Gasteiger partial charge in [0.05, 0.1) is 12.0 Å². The van der Waals surface area contributed by atoms with Crippen LogP contribution in [0.15, 0.2) is 30.3 Å². The zero-order chi connectivity index (χ0) is 13.7. The van der Waals surface area contributed by atoms with Gasteiger partial charge in [0.2, 0.25) is 0 Å². The lowest BCUT2D eigenvalue weighted by molar-refractivity contribution is 0.198. The van der Waals surface area contributed by atoms with E-state index in [2.05, 4.69) is 25.2 Å². The second-order valence-electron chi connectivity index (χ2n) is 6.46. The fraction of sp³-hybridized carbons (Fsp3) is 0.588. The number of nitriles is 1. The first kappa shape index (κ1) is 14.1. The predicted molar refractivity (Wildman–Crippen MR) is 78.8 cm³/mol. The summed E-state index contributed by atoms with van der Waals surface area (Å²) in [6.45, 7) is 5.46. The van der Waals surface area contributed by atoms with Crippen LogP contribution in [0.25, 0.3) is 0 Å². The van der Waals surface area contributed by atoms with Gasteiger partial charge in [-0.2, -0.15) is 5.26 Å². The molecule has 0 spiro atoms. The van der Waals surface area contributed by atoms with Gasteiger partial charge in [-0.3, -0.25) is 0 Å². The van der Waals surface area contributed by atoms with Crippen LogP contribution in [0.4, 0.5) is 0 Å². The number of benzene rings is 1. The van der Waals surface area contributed by atoms with Crippen LogP contribution in [-0.4, -0.2) is 12.6 Å². The van der Waals surface area contributed by atoms with Crippen LogP contribution >= 0.6 is 0 Å². The Morgan fingerprint density at radius 2 is 2.11 bits per heavy atom. The van der Waals surface area contributed by atoms with Gasteiger partial charge in [-0.15, -0.1) is 0 Å². The summed E-state index contributed by atoms with van der Waals surface area (Å²) >= 11 is 0. The van der Waals surface area contributed by atoms with E-state index in [1.807, 2.05) is 30.3 Å². The minimum Gasteiger partial charge on any atom is -0.312 e. The molecule has 0 radical (unpaired) electrons. The number of rotatable bonds is 4. The van der Waals surface area contributed by atoms with Crippen molar-refractivity contribution in [1.29, 1.82) is 5.26 Å². The van der Waals surface area contributed by atoms with Crippen LogP contribution in [0.1, 0.15) is 51.0 Å². The molecule has 0 bridgehead atoms. The Balaban J connectivity index is 1.89. The SMILES string of the molecule is CC1(C)CCCC(NCC(C#N)c2ccccc2)C1. The van der Waals surface area contributed by atoms with Gasteiger partial charge >= 0.3 is 0 Å². The maximum absolute atomic E-state index is 9.32. The van der Waals surface area contributed by atoms with Crippen molar-refractivity contribution in [2.24, 2.45) is 5.41 Å². The molecule has 19 heavy (non-hydrogen) atoms. The lowest BCUT2D eigenvalue weighted by Gasteiger charge is -2.36. The molecule has 1 N–H and O–H groups in total. The molecular weight excluding hydrogens is 232 g/mol. The zero-order valence-electron chi connectivity index (χ0n) is 12.0. The second-order valence-corrected chi connectivity index (χ2v) is 6.46. The van der Waals surface area contributed by atoms with E-state index in [0.29, 0.717) is 11.5 Å². The summed E-state index contributed by atoms with van der Waals surface area (Å²) in [4.78, 5) is 0. The van der Waals surface area contributed by atoms with E-state index in [0.717, 1.165) is 12.1 Å². The summed E-state index contributed by atoms with van der Waals surface area (Å²) in [6, 6.07) is 13.1. The highest BCUT2D eigenvalue weighted by atomic mass is 14.9. The molecule has 102 valence electrons. The second kappa shape index (κ2) is 6.21. The van der Waals surface area contributed by atoms with Gasteiger partial charge in [0.1, 0.15) is 0 Å². The van der Waals surface area contributed by atoms with Crippen molar-refractivity contribution in [2.75, 3.05) is 6.54 Å². The molecule has 2 unspecified atom stereocenters. The van der Waals surface area contributed by atoms with Gasteiger partial charge in [0.25, 0.3) is 0 Å². The smallest absolute Gasteiger partial charge is 0.0837 e. The van der Waals surface area contributed by atoms with E-state index in [1.54, 1.807) is 0 Å². The van der Waals surface area contributed by atoms with Crippen LogP contribution < -0.4 is 5.32 Å². The average molecular weight is 256 g/mol. The Bertz CT molecular complexity index is 430. The number of nitrogens with one attached hydrogen (secondary N) is 1. The van der Waals surface area contributed by atoms with Gasteiger partial charge in [0.15, 0.2) is 0 Å². The highest BCUT2D eigenvalue weighted by Gasteiger charge is 2.28. The van der Waals surface area contributed by atoms with Crippen molar-refractivity contribution in [3.05, 3.63) is 35.9 Å². The minimum atomic E-state index is -0.0359. The molecule has 2 heteroatoms. The van der Waals surface area contributed by atoms with Crippen molar-refractivity contribution in [3.8, 4) is 6.07 Å². The van der Waals surface area contributed by atoms with Crippen molar-refractivity contribution < 1.29 is 0 Å². The molecule has 2 nitrogen and oxygen atoms in total. The topological polar surface area (TPSA) is 35.8 Å². The van der Waals surface area contributed by atoms with Gasteiger partial charge in [-0.05, 0) is 30.2 Å². The molecule has 0 amide bonds. The van der Waals surface area contributed by atoms with Gasteiger partial charge in [-0.25, -0.2) is 0 Å². The minimum absolute atomic E-state index is 0.0359. The average Bonchev–Trinajstić information content (AvgIpc) is 2.39. The Hall–Kier alpha value is -1.33. The van der Waals surface area contributed by atoms with Crippen molar-refractivity contribution in [2.45, 2.75) is 51.5 Å². The van der Waals surface area contributed by atoms with Gasteiger partial charge in [0, 0.05) is 12.6 Å². The van der Waals surface area contributed by atoms with Crippen LogP contribution in [-0.2, 0) is 0 Å². The maximum Gasteiger partial charge on any atom is 0.0837 e. The molecule has 1 saturated carbocycles.